The second kappa shape index (κ2) is 6.56. The van der Waals surface area contributed by atoms with E-state index < -0.39 is 10.0 Å². The lowest BCUT2D eigenvalue weighted by atomic mass is 10.1. The largest absolute Gasteiger partial charge is 0.339 e. The first-order chi connectivity index (χ1) is 9.22. The van der Waals surface area contributed by atoms with Crippen LogP contribution < -0.4 is 5.14 Å². The summed E-state index contributed by atoms with van der Waals surface area (Å²) in [5.74, 6) is -0.237. The molecule has 0 radical (unpaired) electrons. The fourth-order valence-corrected chi connectivity index (χ4v) is 2.73. The van der Waals surface area contributed by atoms with Crippen molar-refractivity contribution in [2.24, 2.45) is 5.14 Å². The highest BCUT2D eigenvalue weighted by Gasteiger charge is 2.21. The highest BCUT2D eigenvalue weighted by Crippen LogP contribution is 2.25. The molecule has 0 saturated carbocycles. The molecule has 0 atom stereocenters. The number of rotatable bonds is 5. The molecule has 0 saturated heterocycles. The summed E-state index contributed by atoms with van der Waals surface area (Å²) in [7, 11) is -3.90. The van der Waals surface area contributed by atoms with Crippen molar-refractivity contribution in [3.8, 4) is 0 Å². The molecule has 0 aliphatic heterocycles. The van der Waals surface area contributed by atoms with E-state index >= 15 is 0 Å². The monoisotopic (exact) mass is 318 g/mol. The van der Waals surface area contributed by atoms with Crippen LogP contribution in [0.5, 0.6) is 0 Å². The number of halogens is 1. The van der Waals surface area contributed by atoms with Crippen molar-refractivity contribution in [2.45, 2.75) is 32.1 Å². The number of sulfonamides is 1. The van der Waals surface area contributed by atoms with Crippen molar-refractivity contribution in [2.75, 3.05) is 13.1 Å². The van der Waals surface area contributed by atoms with E-state index in [0.717, 1.165) is 6.42 Å². The number of carbonyl (C=O) groups is 1. The van der Waals surface area contributed by atoms with Crippen LogP contribution in [0.1, 0.15) is 36.2 Å². The third-order valence-corrected chi connectivity index (χ3v) is 4.32. The first kappa shape index (κ1) is 16.9. The van der Waals surface area contributed by atoms with Crippen LogP contribution in [0.15, 0.2) is 17.0 Å². The molecule has 7 heteroatoms. The normalized spacial score (nSPS) is 11.4. The summed E-state index contributed by atoms with van der Waals surface area (Å²) in [6.45, 7) is 6.67. The minimum Gasteiger partial charge on any atom is -0.339 e. The van der Waals surface area contributed by atoms with Gasteiger partial charge in [0.25, 0.3) is 5.91 Å². The molecule has 0 aromatic heterocycles. The van der Waals surface area contributed by atoms with E-state index in [1.54, 1.807) is 11.8 Å². The standard InChI is InChI=1S/C13H19ClN2O3S/c1-4-6-16(5-2)13(17)11-7-10(20(15,18)19)8-12(14)9(11)3/h7-8H,4-6H2,1-3H3,(H2,15,18,19). The summed E-state index contributed by atoms with van der Waals surface area (Å²) in [4.78, 5) is 13.9. The lowest BCUT2D eigenvalue weighted by molar-refractivity contribution is 0.0763. The maximum absolute atomic E-state index is 12.4. The molecule has 0 unspecified atom stereocenters. The number of nitrogens with two attached hydrogens (primary N) is 1. The fourth-order valence-electron chi connectivity index (χ4n) is 1.88. The van der Waals surface area contributed by atoms with E-state index in [-0.39, 0.29) is 21.4 Å². The number of nitrogens with zero attached hydrogens (tertiary/aromatic N) is 1. The minimum absolute atomic E-state index is 0.149. The van der Waals surface area contributed by atoms with Gasteiger partial charge in [0.1, 0.15) is 0 Å². The molecule has 0 aliphatic rings. The molecule has 0 fully saturated rings. The minimum atomic E-state index is -3.90. The third-order valence-electron chi connectivity index (χ3n) is 3.04. The van der Waals surface area contributed by atoms with Gasteiger partial charge < -0.3 is 4.90 Å². The topological polar surface area (TPSA) is 80.5 Å². The summed E-state index contributed by atoms with van der Waals surface area (Å²) in [6.07, 6.45) is 0.821. The highest BCUT2D eigenvalue weighted by atomic mass is 35.5. The van der Waals surface area contributed by atoms with Crippen LogP contribution in [0.3, 0.4) is 0 Å². The lowest BCUT2D eigenvalue weighted by Gasteiger charge is -2.21. The molecule has 0 spiro atoms. The number of primary sulfonamides is 1. The summed E-state index contributed by atoms with van der Waals surface area (Å²) < 4.78 is 22.9. The van der Waals surface area contributed by atoms with Gasteiger partial charge in [-0.3, -0.25) is 4.79 Å². The maximum atomic E-state index is 12.4. The summed E-state index contributed by atoms with van der Waals surface area (Å²) in [5, 5.41) is 5.32. The van der Waals surface area contributed by atoms with Crippen LogP contribution in [0.2, 0.25) is 5.02 Å². The van der Waals surface area contributed by atoms with Gasteiger partial charge in [-0.25, -0.2) is 13.6 Å². The molecular formula is C13H19ClN2O3S. The molecule has 1 aromatic rings. The zero-order chi connectivity index (χ0) is 15.5. The number of hydrogen-bond donors (Lipinski definition) is 1. The van der Waals surface area contributed by atoms with Gasteiger partial charge in [0.15, 0.2) is 0 Å². The van der Waals surface area contributed by atoms with Crippen LogP contribution >= 0.6 is 11.6 Å². The van der Waals surface area contributed by atoms with Gasteiger partial charge in [-0.2, -0.15) is 0 Å². The van der Waals surface area contributed by atoms with Crippen LogP contribution in [0.25, 0.3) is 0 Å². The Balaban J connectivity index is 3.37. The summed E-state index contributed by atoms with van der Waals surface area (Å²) in [6, 6.07) is 2.55. The van der Waals surface area contributed by atoms with E-state index in [9.17, 15) is 13.2 Å². The smallest absolute Gasteiger partial charge is 0.254 e. The SMILES string of the molecule is CCCN(CC)C(=O)c1cc(S(N)(=O)=O)cc(Cl)c1C. The Hall–Kier alpha value is -1.11. The molecule has 2 N–H and O–H groups in total. The Bertz CT molecular complexity index is 614. The van der Waals surface area contributed by atoms with Gasteiger partial charge in [0.2, 0.25) is 10.0 Å². The van der Waals surface area contributed by atoms with E-state index in [2.05, 4.69) is 0 Å². The predicted molar refractivity (Wildman–Crippen MR) is 79.4 cm³/mol. The van der Waals surface area contributed by atoms with Crippen molar-refractivity contribution >= 4 is 27.5 Å². The number of carbonyl (C=O) groups excluding carboxylic acids is 1. The van der Waals surface area contributed by atoms with Crippen molar-refractivity contribution in [1.82, 2.24) is 4.90 Å². The van der Waals surface area contributed by atoms with Crippen LogP contribution in [-0.2, 0) is 10.0 Å². The predicted octanol–water partition coefficient (Wildman–Crippen LogP) is 2.17. The van der Waals surface area contributed by atoms with E-state index in [1.165, 1.54) is 12.1 Å². The molecule has 1 rings (SSSR count). The Morgan fingerprint density at radius 3 is 2.40 bits per heavy atom. The van der Waals surface area contributed by atoms with Gasteiger partial charge in [0, 0.05) is 23.7 Å². The van der Waals surface area contributed by atoms with Crippen molar-refractivity contribution in [3.63, 3.8) is 0 Å². The highest BCUT2D eigenvalue weighted by molar-refractivity contribution is 7.89. The van der Waals surface area contributed by atoms with Crippen molar-refractivity contribution in [3.05, 3.63) is 28.3 Å². The number of hydrogen-bond acceptors (Lipinski definition) is 3. The second-order valence-electron chi connectivity index (χ2n) is 4.51. The zero-order valence-electron chi connectivity index (χ0n) is 11.8. The first-order valence-corrected chi connectivity index (χ1v) is 8.27. The van der Waals surface area contributed by atoms with E-state index in [4.69, 9.17) is 16.7 Å². The van der Waals surface area contributed by atoms with Gasteiger partial charge in [-0.15, -0.1) is 0 Å². The summed E-state index contributed by atoms with van der Waals surface area (Å²) in [5.41, 5.74) is 0.829. The molecule has 0 heterocycles. The Morgan fingerprint density at radius 1 is 1.35 bits per heavy atom. The van der Waals surface area contributed by atoms with Gasteiger partial charge in [-0.1, -0.05) is 18.5 Å². The van der Waals surface area contributed by atoms with Crippen LogP contribution in [-0.4, -0.2) is 32.3 Å². The Kier molecular flexibility index (Phi) is 5.56. The van der Waals surface area contributed by atoms with E-state index in [1.807, 2.05) is 13.8 Å². The van der Waals surface area contributed by atoms with E-state index in [0.29, 0.717) is 18.7 Å². The molecule has 20 heavy (non-hydrogen) atoms. The molecule has 5 nitrogen and oxygen atoms in total. The summed E-state index contributed by atoms with van der Waals surface area (Å²) >= 11 is 6.00. The molecule has 0 aliphatic carbocycles. The first-order valence-electron chi connectivity index (χ1n) is 6.34. The average molecular weight is 319 g/mol. The third kappa shape index (κ3) is 3.71. The second-order valence-corrected chi connectivity index (χ2v) is 6.48. The Labute approximate surface area is 124 Å². The van der Waals surface area contributed by atoms with Crippen LogP contribution in [0.4, 0.5) is 0 Å². The molecule has 1 amide bonds. The molecule has 0 bridgehead atoms. The van der Waals surface area contributed by atoms with Crippen molar-refractivity contribution in [1.29, 1.82) is 0 Å². The van der Waals surface area contributed by atoms with Gasteiger partial charge >= 0.3 is 0 Å². The van der Waals surface area contributed by atoms with Gasteiger partial charge in [-0.05, 0) is 38.0 Å². The fraction of sp³-hybridized carbons (Fsp3) is 0.462. The maximum Gasteiger partial charge on any atom is 0.254 e. The quantitative estimate of drug-likeness (QED) is 0.903. The molecular weight excluding hydrogens is 300 g/mol. The molecule has 1 aromatic carbocycles. The average Bonchev–Trinajstić information content (AvgIpc) is 2.37. The molecule has 112 valence electrons. The Morgan fingerprint density at radius 2 is 1.95 bits per heavy atom. The number of benzene rings is 1. The van der Waals surface area contributed by atoms with Gasteiger partial charge in [0.05, 0.1) is 4.90 Å². The van der Waals surface area contributed by atoms with Crippen molar-refractivity contribution < 1.29 is 13.2 Å². The lowest BCUT2D eigenvalue weighted by Crippen LogP contribution is -2.32. The number of amides is 1. The van der Waals surface area contributed by atoms with Crippen LogP contribution in [0, 0.1) is 6.92 Å². The zero-order valence-corrected chi connectivity index (χ0v) is 13.4.